The van der Waals surface area contributed by atoms with Gasteiger partial charge in [-0.05, 0) is 13.8 Å². The van der Waals surface area contributed by atoms with Crippen LogP contribution in [0.4, 0.5) is 11.4 Å². The highest BCUT2D eigenvalue weighted by Gasteiger charge is 2.14. The average Bonchev–Trinajstić information content (AvgIpc) is 2.00. The van der Waals surface area contributed by atoms with Crippen molar-refractivity contribution in [3.8, 4) is 0 Å². The third-order valence-electron chi connectivity index (χ3n) is 1.76. The summed E-state index contributed by atoms with van der Waals surface area (Å²) < 4.78 is 0. The largest absolute Gasteiger partial charge is 0.397 e. The van der Waals surface area contributed by atoms with Crippen molar-refractivity contribution in [3.05, 3.63) is 27.6 Å². The summed E-state index contributed by atoms with van der Waals surface area (Å²) in [7, 11) is 0. The van der Waals surface area contributed by atoms with Crippen LogP contribution >= 0.6 is 0 Å². The first-order chi connectivity index (χ1) is 5.54. The molecule has 64 valence electrons. The van der Waals surface area contributed by atoms with Gasteiger partial charge < -0.3 is 5.73 Å². The van der Waals surface area contributed by atoms with Crippen molar-refractivity contribution in [2.24, 2.45) is 0 Å². The van der Waals surface area contributed by atoms with Crippen LogP contribution in [0.1, 0.15) is 11.3 Å². The van der Waals surface area contributed by atoms with Gasteiger partial charge in [0.2, 0.25) is 0 Å². The fraction of sp³-hybridized carbons (Fsp3) is 0.286. The molecule has 0 atom stereocenters. The van der Waals surface area contributed by atoms with Crippen LogP contribution in [0, 0.1) is 24.0 Å². The number of hydrogen-bond donors (Lipinski definition) is 1. The third kappa shape index (κ3) is 1.20. The first kappa shape index (κ1) is 8.45. The Morgan fingerprint density at radius 1 is 1.58 bits per heavy atom. The molecule has 2 N–H and O–H groups in total. The summed E-state index contributed by atoms with van der Waals surface area (Å²) in [5.41, 5.74) is 7.02. The normalized spacial score (nSPS) is 9.83. The zero-order valence-corrected chi connectivity index (χ0v) is 6.87. The summed E-state index contributed by atoms with van der Waals surface area (Å²) in [6.45, 7) is 3.33. The topological polar surface area (TPSA) is 82.0 Å². The minimum absolute atomic E-state index is 0.0295. The molecule has 1 aromatic rings. The molecule has 1 aromatic heterocycles. The van der Waals surface area contributed by atoms with Gasteiger partial charge in [0.25, 0.3) is 5.69 Å². The van der Waals surface area contributed by atoms with E-state index >= 15 is 0 Å². The maximum atomic E-state index is 10.4. The van der Waals surface area contributed by atoms with Crippen LogP contribution in [0.3, 0.4) is 0 Å². The van der Waals surface area contributed by atoms with Gasteiger partial charge in [0.1, 0.15) is 6.20 Å². The van der Waals surface area contributed by atoms with Gasteiger partial charge in [-0.2, -0.15) is 0 Å². The quantitative estimate of drug-likeness (QED) is 0.503. The molecule has 0 saturated carbocycles. The number of nitrogens with two attached hydrogens (primary N) is 1. The first-order valence-electron chi connectivity index (χ1n) is 3.40. The number of aromatic nitrogens is 1. The smallest absolute Gasteiger partial charge is 0.292 e. The molecule has 0 radical (unpaired) electrons. The zero-order chi connectivity index (χ0) is 9.30. The van der Waals surface area contributed by atoms with E-state index in [9.17, 15) is 10.1 Å². The fourth-order valence-corrected chi connectivity index (χ4v) is 0.918. The van der Waals surface area contributed by atoms with Gasteiger partial charge in [0, 0.05) is 0 Å². The number of hydrogen-bond acceptors (Lipinski definition) is 4. The highest BCUT2D eigenvalue weighted by molar-refractivity contribution is 5.58. The second-order valence-electron chi connectivity index (χ2n) is 2.52. The predicted octanol–water partition coefficient (Wildman–Crippen LogP) is 1.19. The minimum Gasteiger partial charge on any atom is -0.397 e. The molecule has 1 rings (SSSR count). The van der Waals surface area contributed by atoms with Crippen LogP contribution in [0.5, 0.6) is 0 Å². The Morgan fingerprint density at radius 2 is 2.17 bits per heavy atom. The molecule has 5 nitrogen and oxygen atoms in total. The Hall–Kier alpha value is -1.65. The molecule has 0 saturated heterocycles. The Morgan fingerprint density at radius 3 is 2.67 bits per heavy atom. The van der Waals surface area contributed by atoms with Crippen molar-refractivity contribution in [1.29, 1.82) is 0 Å². The minimum atomic E-state index is -0.488. The molecule has 0 spiro atoms. The van der Waals surface area contributed by atoms with Crippen molar-refractivity contribution in [2.75, 3.05) is 5.73 Å². The van der Waals surface area contributed by atoms with Gasteiger partial charge in [-0.3, -0.25) is 15.1 Å². The van der Waals surface area contributed by atoms with E-state index in [2.05, 4.69) is 4.98 Å². The van der Waals surface area contributed by atoms with E-state index in [1.54, 1.807) is 13.8 Å². The van der Waals surface area contributed by atoms with Gasteiger partial charge >= 0.3 is 0 Å². The van der Waals surface area contributed by atoms with Crippen molar-refractivity contribution in [3.63, 3.8) is 0 Å². The SMILES string of the molecule is Cc1ncc([N+](=O)[O-])c(C)c1N. The van der Waals surface area contributed by atoms with Gasteiger partial charge in [0.05, 0.1) is 21.9 Å². The summed E-state index contributed by atoms with van der Waals surface area (Å²) in [6.07, 6.45) is 1.22. The van der Waals surface area contributed by atoms with Crippen molar-refractivity contribution < 1.29 is 4.92 Å². The summed E-state index contributed by atoms with van der Waals surface area (Å²) in [5, 5.41) is 10.4. The fourth-order valence-electron chi connectivity index (χ4n) is 0.918. The Bertz CT molecular complexity index is 336. The lowest BCUT2D eigenvalue weighted by Gasteiger charge is -2.02. The summed E-state index contributed by atoms with van der Waals surface area (Å²) in [6, 6.07) is 0. The first-order valence-corrected chi connectivity index (χ1v) is 3.40. The van der Waals surface area contributed by atoms with Crippen LogP contribution in [0.25, 0.3) is 0 Å². The second kappa shape index (κ2) is 2.77. The molecule has 0 aliphatic carbocycles. The summed E-state index contributed by atoms with van der Waals surface area (Å²) >= 11 is 0. The molecule has 0 amide bonds. The van der Waals surface area contributed by atoms with Gasteiger partial charge in [-0.1, -0.05) is 0 Å². The molecule has 5 heteroatoms. The Balaban J connectivity index is 3.36. The van der Waals surface area contributed by atoms with Crippen molar-refractivity contribution in [2.45, 2.75) is 13.8 Å². The van der Waals surface area contributed by atoms with Crippen LogP contribution in [-0.2, 0) is 0 Å². The van der Waals surface area contributed by atoms with Gasteiger partial charge in [-0.15, -0.1) is 0 Å². The summed E-state index contributed by atoms with van der Waals surface area (Å²) in [5.74, 6) is 0. The molecular weight excluding hydrogens is 158 g/mol. The van der Waals surface area contributed by atoms with E-state index in [1.807, 2.05) is 0 Å². The lowest BCUT2D eigenvalue weighted by molar-refractivity contribution is -0.385. The number of nitrogen functional groups attached to an aromatic ring is 1. The van der Waals surface area contributed by atoms with Crippen LogP contribution in [0.2, 0.25) is 0 Å². The van der Waals surface area contributed by atoms with Crippen LogP contribution in [0.15, 0.2) is 6.20 Å². The van der Waals surface area contributed by atoms with Crippen LogP contribution in [-0.4, -0.2) is 9.91 Å². The number of pyridine rings is 1. The highest BCUT2D eigenvalue weighted by Crippen LogP contribution is 2.23. The number of aryl methyl sites for hydroxylation is 1. The predicted molar refractivity (Wildman–Crippen MR) is 44.8 cm³/mol. The van der Waals surface area contributed by atoms with Crippen molar-refractivity contribution in [1.82, 2.24) is 4.98 Å². The second-order valence-corrected chi connectivity index (χ2v) is 2.52. The Labute approximate surface area is 69.4 Å². The molecular formula is C7H9N3O2. The van der Waals surface area contributed by atoms with E-state index in [0.29, 0.717) is 16.9 Å². The third-order valence-corrected chi connectivity index (χ3v) is 1.76. The maximum Gasteiger partial charge on any atom is 0.292 e. The van der Waals surface area contributed by atoms with Gasteiger partial charge in [-0.25, -0.2) is 0 Å². The molecule has 0 aliphatic rings. The zero-order valence-electron chi connectivity index (χ0n) is 6.87. The van der Waals surface area contributed by atoms with Gasteiger partial charge in [0.15, 0.2) is 0 Å². The molecule has 0 fully saturated rings. The number of nitrogens with zero attached hydrogens (tertiary/aromatic N) is 2. The molecule has 0 aromatic carbocycles. The lowest BCUT2D eigenvalue weighted by atomic mass is 10.2. The summed E-state index contributed by atoms with van der Waals surface area (Å²) in [4.78, 5) is 13.7. The maximum absolute atomic E-state index is 10.4. The molecule has 0 bridgehead atoms. The van der Waals surface area contributed by atoms with E-state index in [-0.39, 0.29) is 5.69 Å². The van der Waals surface area contributed by atoms with Crippen molar-refractivity contribution >= 4 is 11.4 Å². The number of rotatable bonds is 1. The van der Waals surface area contributed by atoms with E-state index < -0.39 is 4.92 Å². The van der Waals surface area contributed by atoms with E-state index in [0.717, 1.165) is 0 Å². The number of nitro groups is 1. The highest BCUT2D eigenvalue weighted by atomic mass is 16.6. The molecule has 0 aliphatic heterocycles. The number of anilines is 1. The molecule has 0 unspecified atom stereocenters. The van der Waals surface area contributed by atoms with E-state index in [4.69, 9.17) is 5.73 Å². The van der Waals surface area contributed by atoms with Crippen LogP contribution < -0.4 is 5.73 Å². The average molecular weight is 167 g/mol. The molecule has 1 heterocycles. The lowest BCUT2D eigenvalue weighted by Crippen LogP contribution is -2.00. The van der Waals surface area contributed by atoms with E-state index in [1.165, 1.54) is 6.20 Å². The standard InChI is InChI=1S/C7H9N3O2/c1-4-6(10(11)12)3-9-5(2)7(4)8/h3H,8H2,1-2H3. The monoisotopic (exact) mass is 167 g/mol. The molecule has 12 heavy (non-hydrogen) atoms. The Kier molecular flexibility index (Phi) is 1.95.